The molecule has 0 aromatic heterocycles. The molecule has 0 saturated heterocycles. The number of benzene rings is 1. The number of methoxy groups -OCH3 is 1. The number of carbonyl (C=O) groups is 1. The molecule has 2 atom stereocenters. The molecule has 106 valence electrons. The summed E-state index contributed by atoms with van der Waals surface area (Å²) in [5.74, 6) is -2.64. The van der Waals surface area contributed by atoms with Gasteiger partial charge in [0.25, 0.3) is 0 Å². The average Bonchev–Trinajstić information content (AvgIpc) is 2.39. The average molecular weight is 275 g/mol. The van der Waals surface area contributed by atoms with Gasteiger partial charge < -0.3 is 20.3 Å². The van der Waals surface area contributed by atoms with E-state index in [0.717, 1.165) is 12.1 Å². The normalized spacial score (nSPS) is 13.7. The van der Waals surface area contributed by atoms with Gasteiger partial charge in [0, 0.05) is 11.6 Å². The lowest BCUT2D eigenvalue weighted by atomic mass is 10.0. The van der Waals surface area contributed by atoms with E-state index in [2.05, 4.69) is 4.74 Å². The van der Waals surface area contributed by atoms with E-state index >= 15 is 0 Å². The number of alkyl halides is 1. The number of aromatic hydroxyl groups is 1. The Balaban J connectivity index is 3.08. The molecule has 0 aliphatic carbocycles. The second-order valence-electron chi connectivity index (χ2n) is 3.73. The van der Waals surface area contributed by atoms with Crippen molar-refractivity contribution in [3.63, 3.8) is 0 Å². The van der Waals surface area contributed by atoms with Gasteiger partial charge in [-0.05, 0) is 13.0 Å². The summed E-state index contributed by atoms with van der Waals surface area (Å²) in [5.41, 5.74) is 5.24. The van der Waals surface area contributed by atoms with Crippen molar-refractivity contribution < 1.29 is 28.2 Å². The fraction of sp³-hybridized carbons (Fsp3) is 0.417. The number of carbonyl (C=O) groups excluding carboxylic acids is 1. The first kappa shape index (κ1) is 15.2. The van der Waals surface area contributed by atoms with E-state index in [0.29, 0.717) is 0 Å². The first-order valence-corrected chi connectivity index (χ1v) is 5.55. The molecule has 0 amide bonds. The number of rotatable bonds is 5. The van der Waals surface area contributed by atoms with Crippen LogP contribution in [0.25, 0.3) is 0 Å². The maximum atomic E-state index is 13.7. The lowest BCUT2D eigenvalue weighted by Crippen LogP contribution is -2.31. The lowest BCUT2D eigenvalue weighted by Gasteiger charge is -2.18. The molecule has 19 heavy (non-hydrogen) atoms. The summed E-state index contributed by atoms with van der Waals surface area (Å²) in [4.78, 5) is 11.2. The SMILES string of the molecule is CCOC(=O)C(F)[C@@H](N)c1cc(F)cc(OC)c1O. The summed E-state index contributed by atoms with van der Waals surface area (Å²) >= 11 is 0. The molecule has 0 aliphatic heterocycles. The van der Waals surface area contributed by atoms with Gasteiger partial charge in [-0.1, -0.05) is 0 Å². The highest BCUT2D eigenvalue weighted by Gasteiger charge is 2.31. The summed E-state index contributed by atoms with van der Waals surface area (Å²) in [5, 5.41) is 9.75. The Morgan fingerprint density at radius 2 is 2.16 bits per heavy atom. The fourth-order valence-corrected chi connectivity index (χ4v) is 1.53. The van der Waals surface area contributed by atoms with E-state index in [9.17, 15) is 18.7 Å². The molecule has 3 N–H and O–H groups in total. The van der Waals surface area contributed by atoms with E-state index in [1.165, 1.54) is 14.0 Å². The quantitative estimate of drug-likeness (QED) is 0.795. The van der Waals surface area contributed by atoms with Crippen LogP contribution in [0.2, 0.25) is 0 Å². The highest BCUT2D eigenvalue weighted by molar-refractivity contribution is 5.76. The third kappa shape index (κ3) is 3.31. The maximum absolute atomic E-state index is 13.7. The molecule has 0 spiro atoms. The van der Waals surface area contributed by atoms with Crippen molar-refractivity contribution in [3.05, 3.63) is 23.5 Å². The van der Waals surface area contributed by atoms with Crippen molar-refractivity contribution in [1.29, 1.82) is 0 Å². The number of ether oxygens (including phenoxy) is 2. The number of halogens is 2. The summed E-state index contributed by atoms with van der Waals surface area (Å²) in [7, 11) is 1.21. The summed E-state index contributed by atoms with van der Waals surface area (Å²) in [6.07, 6.45) is -2.21. The Morgan fingerprint density at radius 3 is 2.68 bits per heavy atom. The number of nitrogens with two attached hydrogens (primary N) is 1. The maximum Gasteiger partial charge on any atom is 0.342 e. The van der Waals surface area contributed by atoms with Gasteiger partial charge >= 0.3 is 5.97 Å². The molecule has 1 unspecified atom stereocenters. The minimum Gasteiger partial charge on any atom is -0.504 e. The van der Waals surface area contributed by atoms with E-state index in [-0.39, 0.29) is 17.9 Å². The smallest absolute Gasteiger partial charge is 0.342 e. The van der Waals surface area contributed by atoms with E-state index < -0.39 is 29.7 Å². The van der Waals surface area contributed by atoms with Crippen molar-refractivity contribution in [2.45, 2.75) is 19.1 Å². The number of esters is 1. The van der Waals surface area contributed by atoms with Crippen LogP contribution in [0.5, 0.6) is 11.5 Å². The van der Waals surface area contributed by atoms with Crippen LogP contribution in [-0.2, 0) is 9.53 Å². The Labute approximate surface area is 108 Å². The molecule has 1 aromatic carbocycles. The molecule has 5 nitrogen and oxygen atoms in total. The van der Waals surface area contributed by atoms with Gasteiger partial charge in [0.05, 0.1) is 19.8 Å². The third-order valence-corrected chi connectivity index (χ3v) is 2.48. The van der Waals surface area contributed by atoms with E-state index in [1.54, 1.807) is 0 Å². The highest BCUT2D eigenvalue weighted by Crippen LogP contribution is 2.35. The summed E-state index contributed by atoms with van der Waals surface area (Å²) < 4.78 is 36.2. The van der Waals surface area contributed by atoms with Crippen molar-refractivity contribution in [2.75, 3.05) is 13.7 Å². The number of hydrogen-bond donors (Lipinski definition) is 2. The minimum atomic E-state index is -2.21. The topological polar surface area (TPSA) is 81.8 Å². The van der Waals surface area contributed by atoms with Crippen molar-refractivity contribution in [2.24, 2.45) is 5.73 Å². The predicted molar refractivity (Wildman–Crippen MR) is 63.1 cm³/mol. The zero-order valence-electron chi connectivity index (χ0n) is 10.5. The molecule has 0 bridgehead atoms. The van der Waals surface area contributed by atoms with Crippen LogP contribution < -0.4 is 10.5 Å². The Hall–Kier alpha value is -1.89. The fourth-order valence-electron chi connectivity index (χ4n) is 1.53. The van der Waals surface area contributed by atoms with Crippen molar-refractivity contribution in [3.8, 4) is 11.5 Å². The third-order valence-electron chi connectivity index (χ3n) is 2.48. The van der Waals surface area contributed by atoms with E-state index in [1.807, 2.05) is 0 Å². The zero-order chi connectivity index (χ0) is 14.6. The van der Waals surface area contributed by atoms with E-state index in [4.69, 9.17) is 10.5 Å². The largest absolute Gasteiger partial charge is 0.504 e. The Bertz CT molecular complexity index is 467. The summed E-state index contributed by atoms with van der Waals surface area (Å²) in [6.45, 7) is 1.50. The van der Waals surface area contributed by atoms with Crippen LogP contribution in [0.15, 0.2) is 12.1 Å². The van der Waals surface area contributed by atoms with Crippen molar-refractivity contribution >= 4 is 5.97 Å². The molecule has 1 rings (SSSR count). The van der Waals surface area contributed by atoms with Crippen LogP contribution in [0.1, 0.15) is 18.5 Å². The van der Waals surface area contributed by atoms with Crippen LogP contribution in [0, 0.1) is 5.82 Å². The molecule has 0 heterocycles. The second-order valence-corrected chi connectivity index (χ2v) is 3.73. The molecule has 0 fully saturated rings. The minimum absolute atomic E-state index is 0.00950. The van der Waals surface area contributed by atoms with Gasteiger partial charge in [-0.25, -0.2) is 13.6 Å². The molecule has 0 aliphatic rings. The monoisotopic (exact) mass is 275 g/mol. The van der Waals surface area contributed by atoms with Gasteiger partial charge in [0.15, 0.2) is 11.5 Å². The van der Waals surface area contributed by atoms with Crippen molar-refractivity contribution in [1.82, 2.24) is 0 Å². The first-order valence-electron chi connectivity index (χ1n) is 5.55. The van der Waals surface area contributed by atoms with Crippen LogP contribution in [-0.4, -0.2) is 31.0 Å². The van der Waals surface area contributed by atoms with Gasteiger partial charge in [-0.15, -0.1) is 0 Å². The number of phenols is 1. The first-order chi connectivity index (χ1) is 8.92. The van der Waals surface area contributed by atoms with Crippen LogP contribution in [0.3, 0.4) is 0 Å². The predicted octanol–water partition coefficient (Wildman–Crippen LogP) is 1.44. The summed E-state index contributed by atoms with van der Waals surface area (Å²) in [6, 6.07) is 0.209. The molecular formula is C12H15F2NO4. The Kier molecular flexibility index (Phi) is 5.05. The molecule has 0 saturated carbocycles. The van der Waals surface area contributed by atoms with Gasteiger partial charge in [0.2, 0.25) is 6.17 Å². The standard InChI is InChI=1S/C12H15F2NO4/c1-3-19-12(17)9(14)10(15)7-4-6(13)5-8(18-2)11(7)16/h4-5,9-10,16H,3,15H2,1-2H3/t9?,10-/m0/s1. The second kappa shape index (κ2) is 6.33. The Morgan fingerprint density at radius 1 is 1.53 bits per heavy atom. The zero-order valence-corrected chi connectivity index (χ0v) is 10.5. The van der Waals surface area contributed by atoms with Crippen LogP contribution in [0.4, 0.5) is 8.78 Å². The van der Waals surface area contributed by atoms with Gasteiger partial charge in [-0.3, -0.25) is 0 Å². The van der Waals surface area contributed by atoms with Gasteiger partial charge in [0.1, 0.15) is 5.82 Å². The highest BCUT2D eigenvalue weighted by atomic mass is 19.1. The molecule has 7 heteroatoms. The molecule has 0 radical (unpaired) electrons. The molecule has 1 aromatic rings. The number of hydrogen-bond acceptors (Lipinski definition) is 5. The molecular weight excluding hydrogens is 260 g/mol. The van der Waals surface area contributed by atoms with Crippen LogP contribution >= 0.6 is 0 Å². The lowest BCUT2D eigenvalue weighted by molar-refractivity contribution is -0.149. The number of phenolic OH excluding ortho intramolecular Hbond substituents is 1. The van der Waals surface area contributed by atoms with Gasteiger partial charge in [-0.2, -0.15) is 0 Å².